The van der Waals surface area contributed by atoms with Crippen LogP contribution < -0.4 is 10.1 Å². The van der Waals surface area contributed by atoms with Crippen molar-refractivity contribution in [3.05, 3.63) is 36.4 Å². The van der Waals surface area contributed by atoms with E-state index in [-0.39, 0.29) is 6.23 Å². The molecular weight excluding hydrogens is 374 g/mol. The van der Waals surface area contributed by atoms with Crippen LogP contribution in [0, 0.1) is 5.92 Å². The largest absolute Gasteiger partial charge is 0.477 e. The molecule has 166 valence electrons. The number of allylic oxidation sites excluding steroid dienone is 2. The predicted octanol–water partition coefficient (Wildman–Crippen LogP) is 6.03. The van der Waals surface area contributed by atoms with E-state index in [1.54, 1.807) is 12.4 Å². The minimum Gasteiger partial charge on any atom is -0.477 e. The normalized spacial score (nSPS) is 18.2. The van der Waals surface area contributed by atoms with Gasteiger partial charge in [0, 0.05) is 18.4 Å². The molecule has 0 radical (unpaired) electrons. The van der Waals surface area contributed by atoms with Gasteiger partial charge < -0.3 is 14.8 Å². The molecule has 1 atom stereocenters. The zero-order valence-electron chi connectivity index (χ0n) is 18.7. The molecule has 3 rings (SSSR count). The summed E-state index contributed by atoms with van der Waals surface area (Å²) < 4.78 is 11.6. The van der Waals surface area contributed by atoms with Gasteiger partial charge in [-0.1, -0.05) is 77.2 Å². The Bertz CT molecular complexity index is 653. The van der Waals surface area contributed by atoms with Crippen LogP contribution in [0.2, 0.25) is 0 Å². The minimum absolute atomic E-state index is 0.0558. The highest BCUT2D eigenvalue weighted by Gasteiger charge is 2.19. The van der Waals surface area contributed by atoms with Gasteiger partial charge in [0.1, 0.15) is 6.23 Å². The molecule has 5 heteroatoms. The average molecular weight is 414 g/mol. The van der Waals surface area contributed by atoms with Crippen molar-refractivity contribution in [1.29, 1.82) is 0 Å². The maximum Gasteiger partial charge on any atom is 0.232 e. The van der Waals surface area contributed by atoms with Gasteiger partial charge in [-0.05, 0) is 24.8 Å². The molecule has 1 unspecified atom stereocenters. The van der Waals surface area contributed by atoms with Gasteiger partial charge in [-0.2, -0.15) is 0 Å². The fourth-order valence-electron chi connectivity index (χ4n) is 3.66. The molecule has 5 nitrogen and oxygen atoms in total. The second kappa shape index (κ2) is 13.4. The van der Waals surface area contributed by atoms with Gasteiger partial charge in [-0.25, -0.2) is 9.97 Å². The third-order valence-electron chi connectivity index (χ3n) is 5.78. The summed E-state index contributed by atoms with van der Waals surface area (Å²) in [7, 11) is 0. The molecule has 0 spiro atoms. The lowest BCUT2D eigenvalue weighted by Gasteiger charge is -2.19. The van der Waals surface area contributed by atoms with Crippen molar-refractivity contribution >= 4 is 5.57 Å². The first kappa shape index (κ1) is 22.8. The van der Waals surface area contributed by atoms with Gasteiger partial charge in [0.2, 0.25) is 5.88 Å². The maximum absolute atomic E-state index is 5.86. The highest BCUT2D eigenvalue weighted by Crippen LogP contribution is 2.34. The van der Waals surface area contributed by atoms with Crippen LogP contribution in [0.4, 0.5) is 0 Å². The summed E-state index contributed by atoms with van der Waals surface area (Å²) in [5.41, 5.74) is 1.84. The summed E-state index contributed by atoms with van der Waals surface area (Å²) in [6.45, 7) is 3.75. The molecule has 0 aromatic carbocycles. The number of nitrogens with zero attached hydrogens (tertiary/aromatic N) is 2. The molecule has 1 aromatic heterocycles. The van der Waals surface area contributed by atoms with E-state index in [1.807, 2.05) is 18.4 Å². The molecule has 1 aliphatic carbocycles. The Balaban J connectivity index is 1.27. The molecular formula is C25H39N3O2. The van der Waals surface area contributed by atoms with Gasteiger partial charge in [-0.15, -0.1) is 0 Å². The van der Waals surface area contributed by atoms with Crippen LogP contribution in [0.1, 0.15) is 89.7 Å². The Morgan fingerprint density at radius 3 is 2.43 bits per heavy atom. The van der Waals surface area contributed by atoms with Gasteiger partial charge in [-0.3, -0.25) is 0 Å². The molecule has 0 bridgehead atoms. The third kappa shape index (κ3) is 8.86. The number of nitrogens with one attached hydrogen (secondary N) is 1. The molecule has 1 aliphatic heterocycles. The first-order valence-corrected chi connectivity index (χ1v) is 12.1. The second-order valence-electron chi connectivity index (χ2n) is 8.57. The number of unbranched alkanes of at least 4 members (excludes halogenated alkanes) is 7. The fourth-order valence-corrected chi connectivity index (χ4v) is 3.66. The van der Waals surface area contributed by atoms with E-state index in [9.17, 15) is 0 Å². The van der Waals surface area contributed by atoms with Crippen molar-refractivity contribution in [3.63, 3.8) is 0 Å². The number of hydrogen-bond acceptors (Lipinski definition) is 5. The quantitative estimate of drug-likeness (QED) is 0.335. The Labute approximate surface area is 182 Å². The van der Waals surface area contributed by atoms with Crippen molar-refractivity contribution in [2.75, 3.05) is 13.2 Å². The molecule has 2 aliphatic rings. The van der Waals surface area contributed by atoms with Crippen LogP contribution in [0.5, 0.6) is 5.88 Å². The van der Waals surface area contributed by atoms with Gasteiger partial charge in [0.05, 0.1) is 24.7 Å². The molecule has 1 fully saturated rings. The molecule has 1 N–H and O–H groups in total. The first-order chi connectivity index (χ1) is 14.8. The van der Waals surface area contributed by atoms with E-state index in [0.717, 1.165) is 43.2 Å². The topological polar surface area (TPSA) is 56.3 Å². The Morgan fingerprint density at radius 2 is 1.73 bits per heavy atom. The zero-order chi connectivity index (χ0) is 20.9. The van der Waals surface area contributed by atoms with E-state index >= 15 is 0 Å². The van der Waals surface area contributed by atoms with E-state index in [2.05, 4.69) is 22.2 Å². The van der Waals surface area contributed by atoms with E-state index in [1.165, 1.54) is 64.2 Å². The standard InChI is InChI=1S/C25H39N3O2/c1-2-3-4-6-9-16-29-24-15-14-22(18-27-24)23-19-28-25(20-26-23)30-17-10-7-5-8-11-21-12-13-21/h14-15,18-21,24,27H,2-13,16-17H2,1H3. The number of dihydropyridines is 1. The van der Waals surface area contributed by atoms with Crippen molar-refractivity contribution in [2.24, 2.45) is 5.92 Å². The third-order valence-corrected chi connectivity index (χ3v) is 5.78. The summed E-state index contributed by atoms with van der Waals surface area (Å²) in [6.07, 6.45) is 25.1. The van der Waals surface area contributed by atoms with Crippen LogP contribution in [-0.4, -0.2) is 29.4 Å². The number of rotatable bonds is 16. The van der Waals surface area contributed by atoms with E-state index in [4.69, 9.17) is 9.47 Å². The van der Waals surface area contributed by atoms with Crippen LogP contribution >= 0.6 is 0 Å². The lowest BCUT2D eigenvalue weighted by molar-refractivity contribution is 0.0682. The molecule has 0 amide bonds. The van der Waals surface area contributed by atoms with Gasteiger partial charge in [0.25, 0.3) is 0 Å². The minimum atomic E-state index is -0.0558. The highest BCUT2D eigenvalue weighted by atomic mass is 16.5. The summed E-state index contributed by atoms with van der Waals surface area (Å²) >= 11 is 0. The predicted molar refractivity (Wildman–Crippen MR) is 122 cm³/mol. The van der Waals surface area contributed by atoms with E-state index < -0.39 is 0 Å². The average Bonchev–Trinajstić information content (AvgIpc) is 3.61. The second-order valence-corrected chi connectivity index (χ2v) is 8.57. The number of aromatic nitrogens is 2. The molecule has 1 saturated carbocycles. The summed E-state index contributed by atoms with van der Waals surface area (Å²) in [6, 6.07) is 0. The lowest BCUT2D eigenvalue weighted by Crippen LogP contribution is -2.28. The Hall–Kier alpha value is -1.88. The number of ether oxygens (including phenoxy) is 2. The first-order valence-electron chi connectivity index (χ1n) is 12.1. The summed E-state index contributed by atoms with van der Waals surface area (Å²) in [5.74, 6) is 1.66. The maximum atomic E-state index is 5.86. The zero-order valence-corrected chi connectivity index (χ0v) is 18.7. The van der Waals surface area contributed by atoms with Crippen LogP contribution in [-0.2, 0) is 4.74 Å². The smallest absolute Gasteiger partial charge is 0.232 e. The summed E-state index contributed by atoms with van der Waals surface area (Å²) in [5, 5.41) is 3.28. The van der Waals surface area contributed by atoms with Crippen molar-refractivity contribution in [1.82, 2.24) is 15.3 Å². The van der Waals surface area contributed by atoms with Gasteiger partial charge in [0.15, 0.2) is 0 Å². The SMILES string of the molecule is CCCCCCCOC1C=CC(c2cnc(OCCCCCCC3CC3)cn2)=CN1. The monoisotopic (exact) mass is 413 g/mol. The number of hydrogen-bond donors (Lipinski definition) is 1. The van der Waals surface area contributed by atoms with Crippen molar-refractivity contribution < 1.29 is 9.47 Å². The van der Waals surface area contributed by atoms with Crippen LogP contribution in [0.15, 0.2) is 30.7 Å². The molecule has 2 heterocycles. The van der Waals surface area contributed by atoms with Crippen LogP contribution in [0.3, 0.4) is 0 Å². The summed E-state index contributed by atoms with van der Waals surface area (Å²) in [4.78, 5) is 8.90. The molecule has 0 saturated heterocycles. The Kier molecular flexibility index (Phi) is 10.2. The highest BCUT2D eigenvalue weighted by molar-refractivity contribution is 5.71. The molecule has 1 aromatic rings. The Morgan fingerprint density at radius 1 is 0.933 bits per heavy atom. The van der Waals surface area contributed by atoms with E-state index in [0.29, 0.717) is 5.88 Å². The lowest BCUT2D eigenvalue weighted by atomic mass is 10.1. The van der Waals surface area contributed by atoms with Crippen molar-refractivity contribution in [3.8, 4) is 5.88 Å². The van der Waals surface area contributed by atoms with Crippen LogP contribution in [0.25, 0.3) is 5.57 Å². The fraction of sp³-hybridized carbons (Fsp3) is 0.680. The van der Waals surface area contributed by atoms with Gasteiger partial charge >= 0.3 is 0 Å². The van der Waals surface area contributed by atoms with Crippen molar-refractivity contribution in [2.45, 2.75) is 90.2 Å². The molecule has 30 heavy (non-hydrogen) atoms.